The Labute approximate surface area is 147 Å². The number of Topliss-reactive ketones (excluding diaryl/α,β-unsaturated/α-hetero) is 1. The minimum absolute atomic E-state index is 0.00341. The number of aliphatic hydroxyl groups is 1. The molecule has 1 aliphatic rings. The molecule has 4 heteroatoms. The van der Waals surface area contributed by atoms with E-state index in [-0.39, 0.29) is 24.0 Å². The monoisotopic (exact) mass is 339 g/mol. The average molecular weight is 340 g/mol. The van der Waals surface area contributed by atoms with Gasteiger partial charge in [0.25, 0.3) is 0 Å². The van der Waals surface area contributed by atoms with Crippen LogP contribution in [0.15, 0.2) is 0 Å². The molecule has 3 unspecified atom stereocenters. The Kier molecular flexibility index (Phi) is 8.41. The molecule has 1 amide bonds. The molecule has 2 N–H and O–H groups in total. The van der Waals surface area contributed by atoms with Crippen LogP contribution in [0.5, 0.6) is 0 Å². The number of hydrogen-bond acceptors (Lipinski definition) is 3. The van der Waals surface area contributed by atoms with Crippen LogP contribution in [0.2, 0.25) is 0 Å². The van der Waals surface area contributed by atoms with Gasteiger partial charge in [0.2, 0.25) is 5.91 Å². The first-order chi connectivity index (χ1) is 11.1. The van der Waals surface area contributed by atoms with Crippen molar-refractivity contribution < 1.29 is 14.7 Å². The summed E-state index contributed by atoms with van der Waals surface area (Å²) < 4.78 is 0. The maximum Gasteiger partial charge on any atom is 0.222 e. The zero-order valence-corrected chi connectivity index (χ0v) is 16.2. The third kappa shape index (κ3) is 6.54. The highest BCUT2D eigenvalue weighted by molar-refractivity contribution is 5.87. The van der Waals surface area contributed by atoms with Crippen molar-refractivity contribution in [2.45, 2.75) is 85.7 Å². The number of carbonyl (C=O) groups excluding carboxylic acids is 2. The molecule has 0 aromatic carbocycles. The van der Waals surface area contributed by atoms with Crippen LogP contribution in [0, 0.1) is 23.2 Å². The van der Waals surface area contributed by atoms with E-state index in [9.17, 15) is 14.7 Å². The highest BCUT2D eigenvalue weighted by Crippen LogP contribution is 2.31. The van der Waals surface area contributed by atoms with Crippen LogP contribution in [0.4, 0.5) is 0 Å². The van der Waals surface area contributed by atoms with Gasteiger partial charge in [-0.3, -0.25) is 9.59 Å². The molecular weight excluding hydrogens is 302 g/mol. The zero-order chi connectivity index (χ0) is 18.3. The van der Waals surface area contributed by atoms with Crippen molar-refractivity contribution in [1.82, 2.24) is 5.32 Å². The Morgan fingerprint density at radius 2 is 1.58 bits per heavy atom. The summed E-state index contributed by atoms with van der Waals surface area (Å²) in [5, 5.41) is 13.3. The average Bonchev–Trinajstić information content (AvgIpc) is 2.49. The number of nitrogens with one attached hydrogen (secondary N) is 1. The van der Waals surface area contributed by atoms with Crippen molar-refractivity contribution in [2.24, 2.45) is 23.2 Å². The third-order valence-electron chi connectivity index (χ3n) is 5.64. The van der Waals surface area contributed by atoms with E-state index in [0.29, 0.717) is 18.4 Å². The van der Waals surface area contributed by atoms with Crippen LogP contribution in [0.1, 0.15) is 79.6 Å². The van der Waals surface area contributed by atoms with Gasteiger partial charge < -0.3 is 10.4 Å². The Hall–Kier alpha value is -0.900. The Morgan fingerprint density at radius 3 is 2.25 bits per heavy atom. The van der Waals surface area contributed by atoms with E-state index in [2.05, 4.69) is 19.2 Å². The second kappa shape index (κ2) is 9.55. The first-order valence-corrected chi connectivity index (χ1v) is 9.63. The van der Waals surface area contributed by atoms with Gasteiger partial charge in [0.05, 0.1) is 17.9 Å². The molecule has 1 fully saturated rings. The summed E-state index contributed by atoms with van der Waals surface area (Å²) >= 11 is 0. The molecule has 0 aromatic rings. The van der Waals surface area contributed by atoms with Crippen molar-refractivity contribution >= 4 is 11.7 Å². The maximum atomic E-state index is 12.8. The zero-order valence-electron chi connectivity index (χ0n) is 16.2. The van der Waals surface area contributed by atoms with Gasteiger partial charge in [-0.1, -0.05) is 53.9 Å². The highest BCUT2D eigenvalue weighted by atomic mass is 16.3. The summed E-state index contributed by atoms with van der Waals surface area (Å²) in [5.74, 6) is 1.00. The van der Waals surface area contributed by atoms with E-state index < -0.39 is 11.5 Å². The topological polar surface area (TPSA) is 66.4 Å². The molecule has 1 aliphatic heterocycles. The molecule has 4 atom stereocenters. The molecule has 1 heterocycles. The lowest BCUT2D eigenvalue weighted by atomic mass is 9.74. The van der Waals surface area contributed by atoms with Gasteiger partial charge in [-0.15, -0.1) is 0 Å². The first kappa shape index (κ1) is 21.1. The van der Waals surface area contributed by atoms with Gasteiger partial charge in [-0.25, -0.2) is 0 Å². The predicted octanol–water partition coefficient (Wildman–Crippen LogP) is 3.71. The van der Waals surface area contributed by atoms with Gasteiger partial charge in [-0.2, -0.15) is 0 Å². The quantitative estimate of drug-likeness (QED) is 0.707. The minimum Gasteiger partial charge on any atom is -0.392 e. The number of carbonyl (C=O) groups is 2. The standard InChI is InChI=1S/C20H37NO3/c1-14-8-6-9-15(2)12-16(3)19(24)20(4,5)17(22)13-18(23)21-11-7-10-14/h14-17,22H,6-13H2,1-5H3,(H,21,23)/t14?,15?,16-,17?/m1/s1. The predicted molar refractivity (Wildman–Crippen MR) is 97.6 cm³/mol. The van der Waals surface area contributed by atoms with E-state index in [1.807, 2.05) is 6.92 Å². The van der Waals surface area contributed by atoms with Crippen LogP contribution >= 0.6 is 0 Å². The molecule has 24 heavy (non-hydrogen) atoms. The van der Waals surface area contributed by atoms with Crippen molar-refractivity contribution in [1.29, 1.82) is 0 Å². The van der Waals surface area contributed by atoms with Crippen molar-refractivity contribution in [3.05, 3.63) is 0 Å². The largest absolute Gasteiger partial charge is 0.392 e. The van der Waals surface area contributed by atoms with Crippen molar-refractivity contribution in [2.75, 3.05) is 6.54 Å². The van der Waals surface area contributed by atoms with E-state index in [4.69, 9.17) is 0 Å². The van der Waals surface area contributed by atoms with Gasteiger partial charge >= 0.3 is 0 Å². The molecule has 0 radical (unpaired) electrons. The number of ketones is 1. The van der Waals surface area contributed by atoms with E-state index in [1.54, 1.807) is 13.8 Å². The van der Waals surface area contributed by atoms with Gasteiger partial charge in [0.15, 0.2) is 0 Å². The van der Waals surface area contributed by atoms with Crippen LogP contribution in [0.3, 0.4) is 0 Å². The van der Waals surface area contributed by atoms with E-state index in [1.165, 1.54) is 12.8 Å². The molecule has 0 aromatic heterocycles. The van der Waals surface area contributed by atoms with E-state index >= 15 is 0 Å². The SMILES string of the molecule is CC1CCCNC(=O)CC(O)C(C)(C)C(=O)[C@H](C)CC(C)CCC1. The van der Waals surface area contributed by atoms with Crippen molar-refractivity contribution in [3.63, 3.8) is 0 Å². The van der Waals surface area contributed by atoms with E-state index in [0.717, 1.165) is 25.7 Å². The maximum absolute atomic E-state index is 12.8. The Balaban J connectivity index is 2.80. The molecule has 0 bridgehead atoms. The summed E-state index contributed by atoms with van der Waals surface area (Å²) in [5.41, 5.74) is -0.887. The fourth-order valence-corrected chi connectivity index (χ4v) is 3.77. The molecule has 1 rings (SSSR count). The third-order valence-corrected chi connectivity index (χ3v) is 5.64. The Bertz CT molecular complexity index is 419. The minimum atomic E-state index is -0.936. The number of rotatable bonds is 0. The highest BCUT2D eigenvalue weighted by Gasteiger charge is 2.39. The lowest BCUT2D eigenvalue weighted by Crippen LogP contribution is -2.43. The molecular formula is C20H37NO3. The molecule has 0 saturated carbocycles. The summed E-state index contributed by atoms with van der Waals surface area (Å²) in [4.78, 5) is 24.8. The van der Waals surface area contributed by atoms with Crippen LogP contribution < -0.4 is 5.32 Å². The fraction of sp³-hybridized carbons (Fsp3) is 0.900. The normalized spacial score (nSPS) is 34.6. The smallest absolute Gasteiger partial charge is 0.222 e. The van der Waals surface area contributed by atoms with Gasteiger partial charge in [0, 0.05) is 12.5 Å². The summed E-state index contributed by atoms with van der Waals surface area (Å²) in [6, 6.07) is 0. The van der Waals surface area contributed by atoms with Gasteiger partial charge in [-0.05, 0) is 31.1 Å². The molecule has 0 spiro atoms. The second-order valence-electron chi connectivity index (χ2n) is 8.58. The molecule has 1 saturated heterocycles. The number of aliphatic hydroxyl groups excluding tert-OH is 1. The summed E-state index contributed by atoms with van der Waals surface area (Å²) in [6.07, 6.45) is 5.57. The fourth-order valence-electron chi connectivity index (χ4n) is 3.77. The summed E-state index contributed by atoms with van der Waals surface area (Å²) in [7, 11) is 0. The lowest BCUT2D eigenvalue weighted by molar-refractivity contribution is -0.139. The van der Waals surface area contributed by atoms with Crippen molar-refractivity contribution in [3.8, 4) is 0 Å². The van der Waals surface area contributed by atoms with Crippen LogP contribution in [-0.2, 0) is 9.59 Å². The molecule has 4 nitrogen and oxygen atoms in total. The van der Waals surface area contributed by atoms with Gasteiger partial charge in [0.1, 0.15) is 5.78 Å². The molecule has 0 aliphatic carbocycles. The summed E-state index contributed by atoms with van der Waals surface area (Å²) in [6.45, 7) is 10.6. The number of amides is 1. The van der Waals surface area contributed by atoms with Crippen LogP contribution in [-0.4, -0.2) is 29.4 Å². The first-order valence-electron chi connectivity index (χ1n) is 9.63. The van der Waals surface area contributed by atoms with Crippen LogP contribution in [0.25, 0.3) is 0 Å². The Morgan fingerprint density at radius 1 is 1.00 bits per heavy atom. The number of hydrogen-bond donors (Lipinski definition) is 2. The molecule has 140 valence electrons. The lowest BCUT2D eigenvalue weighted by Gasteiger charge is -2.32. The second-order valence-corrected chi connectivity index (χ2v) is 8.58.